The fourth-order valence-electron chi connectivity index (χ4n) is 1.68. The van der Waals surface area contributed by atoms with Gasteiger partial charge in [-0.3, -0.25) is 0 Å². The first-order valence-electron chi connectivity index (χ1n) is 6.90. The molecule has 0 aliphatic heterocycles. The summed E-state index contributed by atoms with van der Waals surface area (Å²) in [4.78, 5) is 7.51. The Bertz CT molecular complexity index is 426. The van der Waals surface area contributed by atoms with E-state index in [0.29, 0.717) is 13.1 Å². The molecule has 21 heavy (non-hydrogen) atoms. The van der Waals surface area contributed by atoms with Gasteiger partial charge in [-0.2, -0.15) is 29.9 Å². The predicted molar refractivity (Wildman–Crippen MR) is 81.9 cm³/mol. The van der Waals surface area contributed by atoms with Gasteiger partial charge in [-0.25, -0.2) is 4.98 Å². The average Bonchev–Trinajstić information content (AvgIpc) is 2.42. The Balaban J connectivity index is 2.61. The molecule has 8 heteroatoms. The zero-order chi connectivity index (χ0) is 15.7. The molecule has 1 aromatic heterocycles. The molecule has 1 aromatic rings. The van der Waals surface area contributed by atoms with Crippen LogP contribution in [0, 0.1) is 0 Å². The number of aromatic nitrogens is 2. The average molecular weight is 322 g/mol. The van der Waals surface area contributed by atoms with Gasteiger partial charge in [0.25, 0.3) is 0 Å². The van der Waals surface area contributed by atoms with Crippen LogP contribution >= 0.6 is 11.8 Å². The van der Waals surface area contributed by atoms with Crippen LogP contribution in [0.2, 0.25) is 0 Å². The first kappa shape index (κ1) is 17.9. The van der Waals surface area contributed by atoms with E-state index >= 15 is 0 Å². The van der Waals surface area contributed by atoms with Crippen molar-refractivity contribution in [1.29, 1.82) is 0 Å². The minimum atomic E-state index is -4.47. The minimum Gasteiger partial charge on any atom is -0.370 e. The lowest BCUT2D eigenvalue weighted by Crippen LogP contribution is -2.14. The van der Waals surface area contributed by atoms with E-state index in [9.17, 15) is 13.2 Å². The van der Waals surface area contributed by atoms with Gasteiger partial charge in [0.2, 0.25) is 5.95 Å². The minimum absolute atomic E-state index is 0.00259. The van der Waals surface area contributed by atoms with Crippen molar-refractivity contribution in [1.82, 2.24) is 9.97 Å². The van der Waals surface area contributed by atoms with E-state index in [1.54, 1.807) is 18.7 Å². The molecule has 0 fully saturated rings. The summed E-state index contributed by atoms with van der Waals surface area (Å²) in [7, 11) is 0. The Morgan fingerprint density at radius 1 is 1.14 bits per heavy atom. The van der Waals surface area contributed by atoms with Crippen molar-refractivity contribution >= 4 is 23.5 Å². The molecule has 0 atom stereocenters. The van der Waals surface area contributed by atoms with Gasteiger partial charge in [-0.15, -0.1) is 0 Å². The summed E-state index contributed by atoms with van der Waals surface area (Å²) in [6.45, 7) is 2.85. The van der Waals surface area contributed by atoms with Crippen molar-refractivity contribution in [3.63, 3.8) is 0 Å². The highest BCUT2D eigenvalue weighted by atomic mass is 32.2. The van der Waals surface area contributed by atoms with Gasteiger partial charge in [0, 0.05) is 19.2 Å². The van der Waals surface area contributed by atoms with Gasteiger partial charge >= 0.3 is 6.18 Å². The molecule has 0 aromatic carbocycles. The molecule has 0 bridgehead atoms. The second-order valence-corrected chi connectivity index (χ2v) is 5.46. The lowest BCUT2D eigenvalue weighted by atomic mass is 10.2. The Hall–Kier alpha value is -1.18. The number of nitrogens with zero attached hydrogens (tertiary/aromatic N) is 2. The molecule has 0 aliphatic carbocycles. The molecule has 1 heterocycles. The van der Waals surface area contributed by atoms with Crippen molar-refractivity contribution in [2.75, 3.05) is 35.7 Å². The van der Waals surface area contributed by atoms with E-state index < -0.39 is 11.9 Å². The van der Waals surface area contributed by atoms with Crippen LogP contribution in [0.5, 0.6) is 0 Å². The van der Waals surface area contributed by atoms with Gasteiger partial charge in [0.1, 0.15) is 5.82 Å². The lowest BCUT2D eigenvalue weighted by Gasteiger charge is -2.12. The highest BCUT2D eigenvalue weighted by Gasteiger charge is 2.33. The number of hydrogen-bond donors (Lipinski definition) is 2. The SMILES string of the molecule is CCNc1nc(NCCCCCSC)cc(C(F)(F)F)n1. The van der Waals surface area contributed by atoms with E-state index in [0.717, 1.165) is 31.1 Å². The Labute approximate surface area is 127 Å². The highest BCUT2D eigenvalue weighted by molar-refractivity contribution is 7.98. The van der Waals surface area contributed by atoms with E-state index in [1.807, 2.05) is 0 Å². The number of rotatable bonds is 9. The number of alkyl halides is 3. The third-order valence-electron chi connectivity index (χ3n) is 2.68. The number of nitrogens with one attached hydrogen (secondary N) is 2. The molecule has 120 valence electrons. The highest BCUT2D eigenvalue weighted by Crippen LogP contribution is 2.29. The van der Waals surface area contributed by atoms with E-state index in [4.69, 9.17) is 0 Å². The van der Waals surface area contributed by atoms with Crippen LogP contribution in [0.15, 0.2) is 6.07 Å². The number of halogens is 3. The van der Waals surface area contributed by atoms with Gasteiger partial charge < -0.3 is 10.6 Å². The summed E-state index contributed by atoms with van der Waals surface area (Å²) in [5.74, 6) is 1.31. The van der Waals surface area contributed by atoms with Crippen LogP contribution < -0.4 is 10.6 Å². The molecule has 1 rings (SSSR count). The quantitative estimate of drug-likeness (QED) is 0.676. The van der Waals surface area contributed by atoms with Gasteiger partial charge in [-0.1, -0.05) is 6.42 Å². The molecular weight excluding hydrogens is 301 g/mol. The number of unbranched alkanes of at least 4 members (excludes halogenated alkanes) is 2. The fraction of sp³-hybridized carbons (Fsp3) is 0.692. The fourth-order valence-corrected chi connectivity index (χ4v) is 2.18. The Kier molecular flexibility index (Phi) is 7.63. The Morgan fingerprint density at radius 2 is 1.90 bits per heavy atom. The third-order valence-corrected chi connectivity index (χ3v) is 3.38. The molecule has 2 N–H and O–H groups in total. The van der Waals surface area contributed by atoms with Crippen LogP contribution in [0.3, 0.4) is 0 Å². The van der Waals surface area contributed by atoms with Crippen molar-refractivity contribution < 1.29 is 13.2 Å². The summed E-state index contributed by atoms with van der Waals surface area (Å²) in [5.41, 5.74) is -0.932. The van der Waals surface area contributed by atoms with Crippen LogP contribution in [0.4, 0.5) is 24.9 Å². The molecule has 0 aliphatic rings. The maximum atomic E-state index is 12.8. The maximum Gasteiger partial charge on any atom is 0.433 e. The van der Waals surface area contributed by atoms with Crippen molar-refractivity contribution in [2.24, 2.45) is 0 Å². The van der Waals surface area contributed by atoms with E-state index in [-0.39, 0.29) is 11.8 Å². The molecule has 4 nitrogen and oxygen atoms in total. The van der Waals surface area contributed by atoms with Crippen LogP contribution in [0.25, 0.3) is 0 Å². The first-order valence-corrected chi connectivity index (χ1v) is 8.29. The van der Waals surface area contributed by atoms with Crippen LogP contribution in [-0.4, -0.2) is 35.1 Å². The maximum absolute atomic E-state index is 12.8. The summed E-state index contributed by atoms with van der Waals surface area (Å²) < 4.78 is 38.3. The zero-order valence-corrected chi connectivity index (χ0v) is 13.1. The summed E-state index contributed by atoms with van der Waals surface area (Å²) in [5, 5.41) is 5.65. The smallest absolute Gasteiger partial charge is 0.370 e. The summed E-state index contributed by atoms with van der Waals surface area (Å²) >= 11 is 1.79. The monoisotopic (exact) mass is 322 g/mol. The molecule has 0 unspecified atom stereocenters. The molecule has 0 radical (unpaired) electrons. The van der Waals surface area contributed by atoms with Crippen LogP contribution in [-0.2, 0) is 6.18 Å². The topological polar surface area (TPSA) is 49.8 Å². The summed E-state index contributed by atoms with van der Waals surface area (Å²) in [6.07, 6.45) is 0.651. The van der Waals surface area contributed by atoms with Gasteiger partial charge in [0.15, 0.2) is 5.69 Å². The molecule has 0 amide bonds. The Morgan fingerprint density at radius 3 is 2.52 bits per heavy atom. The third kappa shape index (κ3) is 6.88. The second-order valence-electron chi connectivity index (χ2n) is 4.47. The molecular formula is C13H21F3N4S. The molecule has 0 saturated heterocycles. The number of hydrogen-bond acceptors (Lipinski definition) is 5. The number of thioether (sulfide) groups is 1. The van der Waals surface area contributed by atoms with E-state index in [2.05, 4.69) is 26.9 Å². The second kappa shape index (κ2) is 8.96. The predicted octanol–water partition coefficient (Wildman–Crippen LogP) is 3.87. The normalized spacial score (nSPS) is 11.5. The molecule has 0 saturated carbocycles. The molecule has 0 spiro atoms. The van der Waals surface area contributed by atoms with Gasteiger partial charge in [0.05, 0.1) is 0 Å². The van der Waals surface area contributed by atoms with Crippen molar-refractivity contribution in [3.8, 4) is 0 Å². The van der Waals surface area contributed by atoms with Crippen LogP contribution in [0.1, 0.15) is 31.9 Å². The van der Waals surface area contributed by atoms with Crippen molar-refractivity contribution in [2.45, 2.75) is 32.4 Å². The van der Waals surface area contributed by atoms with Gasteiger partial charge in [-0.05, 0) is 31.8 Å². The van der Waals surface area contributed by atoms with Crippen molar-refractivity contribution in [3.05, 3.63) is 11.8 Å². The lowest BCUT2D eigenvalue weighted by molar-refractivity contribution is -0.141. The summed E-state index contributed by atoms with van der Waals surface area (Å²) in [6, 6.07) is 0.947. The largest absolute Gasteiger partial charge is 0.433 e. The zero-order valence-electron chi connectivity index (χ0n) is 12.3. The first-order chi connectivity index (χ1) is 9.97. The standard InChI is InChI=1S/C13H21F3N4S/c1-3-17-12-19-10(13(14,15)16)9-11(20-12)18-7-5-4-6-8-21-2/h9H,3-8H2,1-2H3,(H2,17,18,19,20). The van der Waals surface area contributed by atoms with E-state index in [1.165, 1.54) is 0 Å². The number of anilines is 2.